The first-order valence-electron chi connectivity index (χ1n) is 8.99. The first kappa shape index (κ1) is 19.4. The minimum atomic E-state index is -0.0517. The van der Waals surface area contributed by atoms with Crippen LogP contribution >= 0.6 is 0 Å². The van der Waals surface area contributed by atoms with Gasteiger partial charge in [-0.1, -0.05) is 0 Å². The lowest BCUT2D eigenvalue weighted by Crippen LogP contribution is -2.48. The molecule has 1 N–H and O–H groups in total. The Labute approximate surface area is 150 Å². The van der Waals surface area contributed by atoms with Crippen LogP contribution in [0.2, 0.25) is 0 Å². The Bertz CT molecular complexity index is 574. The van der Waals surface area contributed by atoms with Crippen molar-refractivity contribution in [1.29, 1.82) is 0 Å². The summed E-state index contributed by atoms with van der Waals surface area (Å²) in [4.78, 5) is 28.4. The molecule has 1 aromatic rings. The van der Waals surface area contributed by atoms with E-state index in [0.29, 0.717) is 30.9 Å². The second-order valence-corrected chi connectivity index (χ2v) is 6.55. The third-order valence-electron chi connectivity index (χ3n) is 4.33. The molecule has 1 aliphatic rings. The smallest absolute Gasteiger partial charge is 0.253 e. The number of hydrogen-bond donors (Lipinski definition) is 1. The van der Waals surface area contributed by atoms with Gasteiger partial charge in [-0.15, -0.1) is 0 Å². The molecule has 0 unspecified atom stereocenters. The summed E-state index contributed by atoms with van der Waals surface area (Å²) in [5.74, 6) is -0.0386. The van der Waals surface area contributed by atoms with Gasteiger partial charge < -0.3 is 15.0 Å². The van der Waals surface area contributed by atoms with Crippen LogP contribution in [0.4, 0.5) is 5.69 Å². The summed E-state index contributed by atoms with van der Waals surface area (Å²) < 4.78 is 5.68. The molecule has 2 amide bonds. The minimum Gasteiger partial charge on any atom is -0.373 e. The Hall–Kier alpha value is -1.92. The summed E-state index contributed by atoms with van der Waals surface area (Å²) in [7, 11) is 0. The number of hydrogen-bond acceptors (Lipinski definition) is 4. The molecule has 6 nitrogen and oxygen atoms in total. The molecular weight excluding hydrogens is 318 g/mol. The lowest BCUT2D eigenvalue weighted by molar-refractivity contribution is -0.121. The third-order valence-corrected chi connectivity index (χ3v) is 4.33. The van der Waals surface area contributed by atoms with Gasteiger partial charge in [-0.05, 0) is 52.0 Å². The molecule has 0 radical (unpaired) electrons. The molecule has 2 rings (SSSR count). The van der Waals surface area contributed by atoms with Crippen LogP contribution in [0.15, 0.2) is 24.3 Å². The van der Waals surface area contributed by atoms with Gasteiger partial charge in [0.2, 0.25) is 5.91 Å². The monoisotopic (exact) mass is 347 g/mol. The van der Waals surface area contributed by atoms with Gasteiger partial charge in [0, 0.05) is 37.4 Å². The zero-order valence-electron chi connectivity index (χ0n) is 15.6. The maximum atomic E-state index is 12.3. The first-order chi connectivity index (χ1) is 11.9. The van der Waals surface area contributed by atoms with E-state index < -0.39 is 0 Å². The van der Waals surface area contributed by atoms with Crippen molar-refractivity contribution < 1.29 is 14.3 Å². The second kappa shape index (κ2) is 8.97. The fourth-order valence-corrected chi connectivity index (χ4v) is 3.21. The summed E-state index contributed by atoms with van der Waals surface area (Å²) in [6.45, 7) is 11.2. The van der Waals surface area contributed by atoms with Gasteiger partial charge in [0.05, 0.1) is 18.8 Å². The molecule has 1 fully saturated rings. The lowest BCUT2D eigenvalue weighted by atomic mass is 10.1. The van der Waals surface area contributed by atoms with Crippen LogP contribution in [-0.2, 0) is 9.53 Å². The quantitative estimate of drug-likeness (QED) is 0.857. The molecular formula is C19H29N3O3. The van der Waals surface area contributed by atoms with Gasteiger partial charge in [0.1, 0.15) is 0 Å². The van der Waals surface area contributed by atoms with Crippen LogP contribution in [0.1, 0.15) is 38.1 Å². The van der Waals surface area contributed by atoms with E-state index in [1.807, 2.05) is 27.7 Å². The van der Waals surface area contributed by atoms with Crippen LogP contribution in [0.5, 0.6) is 0 Å². The predicted octanol–water partition coefficient (Wildman–Crippen LogP) is 2.22. The van der Waals surface area contributed by atoms with E-state index in [9.17, 15) is 9.59 Å². The number of ether oxygens (including phenoxy) is 1. The summed E-state index contributed by atoms with van der Waals surface area (Å²) >= 11 is 0. The number of carbonyl (C=O) groups excluding carboxylic acids is 2. The first-order valence-corrected chi connectivity index (χ1v) is 8.99. The number of amides is 2. The highest BCUT2D eigenvalue weighted by atomic mass is 16.5. The zero-order chi connectivity index (χ0) is 18.4. The molecule has 25 heavy (non-hydrogen) atoms. The molecule has 138 valence electrons. The Balaban J connectivity index is 1.90. The van der Waals surface area contributed by atoms with Crippen LogP contribution in [0, 0.1) is 0 Å². The van der Waals surface area contributed by atoms with Crippen molar-refractivity contribution in [2.45, 2.75) is 39.9 Å². The largest absolute Gasteiger partial charge is 0.373 e. The van der Waals surface area contributed by atoms with E-state index in [4.69, 9.17) is 4.74 Å². The lowest BCUT2D eigenvalue weighted by Gasteiger charge is -2.34. The van der Waals surface area contributed by atoms with Crippen molar-refractivity contribution in [1.82, 2.24) is 9.80 Å². The Kier molecular flexibility index (Phi) is 6.96. The van der Waals surface area contributed by atoms with E-state index in [-0.39, 0.29) is 24.0 Å². The highest BCUT2D eigenvalue weighted by Gasteiger charge is 2.23. The zero-order valence-corrected chi connectivity index (χ0v) is 15.6. The highest BCUT2D eigenvalue weighted by Crippen LogP contribution is 2.13. The van der Waals surface area contributed by atoms with E-state index in [1.165, 1.54) is 0 Å². The molecule has 1 aliphatic heterocycles. The van der Waals surface area contributed by atoms with E-state index in [1.54, 1.807) is 29.2 Å². The van der Waals surface area contributed by atoms with Crippen molar-refractivity contribution >= 4 is 17.5 Å². The number of morpholine rings is 1. The average molecular weight is 347 g/mol. The highest BCUT2D eigenvalue weighted by molar-refractivity contribution is 5.96. The van der Waals surface area contributed by atoms with Crippen LogP contribution in [-0.4, -0.2) is 66.5 Å². The summed E-state index contributed by atoms with van der Waals surface area (Å²) in [6.07, 6.45) is 0.281. The normalized spacial score (nSPS) is 21.0. The van der Waals surface area contributed by atoms with Gasteiger partial charge in [0.15, 0.2) is 0 Å². The predicted molar refractivity (Wildman–Crippen MR) is 98.8 cm³/mol. The molecule has 2 atom stereocenters. The second-order valence-electron chi connectivity index (χ2n) is 6.55. The maximum absolute atomic E-state index is 12.3. The van der Waals surface area contributed by atoms with Gasteiger partial charge >= 0.3 is 0 Å². The summed E-state index contributed by atoms with van der Waals surface area (Å²) in [6, 6.07) is 7.07. The van der Waals surface area contributed by atoms with Crippen molar-refractivity contribution in [2.75, 3.05) is 38.0 Å². The van der Waals surface area contributed by atoms with Gasteiger partial charge in [-0.25, -0.2) is 0 Å². The van der Waals surface area contributed by atoms with Gasteiger partial charge in [-0.2, -0.15) is 0 Å². The van der Waals surface area contributed by atoms with Crippen molar-refractivity contribution in [3.05, 3.63) is 29.8 Å². The SMILES string of the molecule is CCN(CC)C(=O)c1ccc(NC(=O)CN2C[C@H](C)O[C@@H](C)C2)cc1. The minimum absolute atomic E-state index is 0.0131. The molecule has 0 aromatic heterocycles. The molecule has 0 saturated carbocycles. The molecule has 1 saturated heterocycles. The Morgan fingerprint density at radius 1 is 1.12 bits per heavy atom. The molecule has 1 aromatic carbocycles. The van der Waals surface area contributed by atoms with Crippen molar-refractivity contribution in [3.63, 3.8) is 0 Å². The van der Waals surface area contributed by atoms with Crippen molar-refractivity contribution in [2.24, 2.45) is 0 Å². The van der Waals surface area contributed by atoms with Gasteiger partial charge in [0.25, 0.3) is 5.91 Å². The van der Waals surface area contributed by atoms with E-state index in [2.05, 4.69) is 10.2 Å². The van der Waals surface area contributed by atoms with E-state index in [0.717, 1.165) is 13.1 Å². The van der Waals surface area contributed by atoms with Crippen LogP contribution < -0.4 is 5.32 Å². The number of carbonyl (C=O) groups is 2. The summed E-state index contributed by atoms with van der Waals surface area (Å²) in [5, 5.41) is 2.90. The fraction of sp³-hybridized carbons (Fsp3) is 0.579. The topological polar surface area (TPSA) is 61.9 Å². The number of nitrogens with zero attached hydrogens (tertiary/aromatic N) is 2. The standard InChI is InChI=1S/C19H29N3O3/c1-5-22(6-2)19(24)16-7-9-17(10-8-16)20-18(23)13-21-11-14(3)25-15(4)12-21/h7-10,14-15H,5-6,11-13H2,1-4H3,(H,20,23)/t14-,15-/m0/s1. The molecule has 0 bridgehead atoms. The number of nitrogens with one attached hydrogen (secondary N) is 1. The fourth-order valence-electron chi connectivity index (χ4n) is 3.21. The number of rotatable bonds is 6. The van der Waals surface area contributed by atoms with Crippen molar-refractivity contribution in [3.8, 4) is 0 Å². The molecule has 6 heteroatoms. The third kappa shape index (κ3) is 5.54. The van der Waals surface area contributed by atoms with Gasteiger partial charge in [-0.3, -0.25) is 14.5 Å². The molecule has 0 aliphatic carbocycles. The van der Waals surface area contributed by atoms with Crippen LogP contribution in [0.3, 0.4) is 0 Å². The number of benzene rings is 1. The Morgan fingerprint density at radius 3 is 2.20 bits per heavy atom. The summed E-state index contributed by atoms with van der Waals surface area (Å²) in [5.41, 5.74) is 1.34. The Morgan fingerprint density at radius 2 is 1.68 bits per heavy atom. The average Bonchev–Trinajstić information content (AvgIpc) is 2.55. The van der Waals surface area contributed by atoms with Crippen LogP contribution in [0.25, 0.3) is 0 Å². The molecule has 1 heterocycles. The maximum Gasteiger partial charge on any atom is 0.253 e. The number of anilines is 1. The molecule has 0 spiro atoms. The van der Waals surface area contributed by atoms with E-state index >= 15 is 0 Å².